The fraction of sp³-hybridized carbons (Fsp3) is 0.375. The van der Waals surface area contributed by atoms with Crippen molar-refractivity contribution in [2.45, 2.75) is 19.4 Å². The molecule has 0 aromatic carbocycles. The van der Waals surface area contributed by atoms with Gasteiger partial charge in [-0.2, -0.15) is 4.39 Å². The second kappa shape index (κ2) is 3.96. The number of aromatic nitrogens is 1. The second-order valence-corrected chi connectivity index (χ2v) is 3.70. The van der Waals surface area contributed by atoms with Crippen LogP contribution in [0.1, 0.15) is 12.5 Å². The van der Waals surface area contributed by atoms with E-state index in [4.69, 9.17) is 5.73 Å². The molecule has 1 aromatic rings. The van der Waals surface area contributed by atoms with Crippen molar-refractivity contribution in [3.05, 3.63) is 28.2 Å². The SMILES string of the molecule is C[C@H](N)Cc1cc(Br)cnc1F. The highest BCUT2D eigenvalue weighted by molar-refractivity contribution is 9.10. The second-order valence-electron chi connectivity index (χ2n) is 2.78. The predicted molar refractivity (Wildman–Crippen MR) is 49.2 cm³/mol. The van der Waals surface area contributed by atoms with Gasteiger partial charge in [0.05, 0.1) is 0 Å². The first-order valence-corrected chi connectivity index (χ1v) is 4.44. The lowest BCUT2D eigenvalue weighted by atomic mass is 10.1. The Morgan fingerprint density at radius 3 is 3.00 bits per heavy atom. The van der Waals surface area contributed by atoms with Crippen LogP contribution in [0.4, 0.5) is 4.39 Å². The van der Waals surface area contributed by atoms with Gasteiger partial charge in [-0.05, 0) is 35.3 Å². The van der Waals surface area contributed by atoms with Gasteiger partial charge in [0, 0.05) is 22.3 Å². The van der Waals surface area contributed by atoms with Crippen molar-refractivity contribution in [2.75, 3.05) is 0 Å². The number of rotatable bonds is 2. The molecule has 0 spiro atoms. The van der Waals surface area contributed by atoms with Crippen molar-refractivity contribution in [1.82, 2.24) is 4.98 Å². The molecule has 4 heteroatoms. The Balaban J connectivity index is 2.90. The van der Waals surface area contributed by atoms with E-state index in [1.54, 1.807) is 6.07 Å². The van der Waals surface area contributed by atoms with Crippen LogP contribution >= 0.6 is 15.9 Å². The van der Waals surface area contributed by atoms with Crippen molar-refractivity contribution in [3.63, 3.8) is 0 Å². The summed E-state index contributed by atoms with van der Waals surface area (Å²) < 4.78 is 13.7. The molecule has 0 saturated carbocycles. The monoisotopic (exact) mass is 232 g/mol. The van der Waals surface area contributed by atoms with Crippen LogP contribution in [0.3, 0.4) is 0 Å². The number of hydrogen-bond donors (Lipinski definition) is 1. The summed E-state index contributed by atoms with van der Waals surface area (Å²) in [6.07, 6.45) is 1.94. The van der Waals surface area contributed by atoms with E-state index in [1.807, 2.05) is 6.92 Å². The largest absolute Gasteiger partial charge is 0.328 e. The van der Waals surface area contributed by atoms with E-state index < -0.39 is 5.95 Å². The highest BCUT2D eigenvalue weighted by Crippen LogP contribution is 2.13. The predicted octanol–water partition coefficient (Wildman–Crippen LogP) is 1.87. The van der Waals surface area contributed by atoms with Gasteiger partial charge in [0.1, 0.15) is 0 Å². The van der Waals surface area contributed by atoms with Crippen LogP contribution < -0.4 is 5.73 Å². The standard InChI is InChI=1S/C8H10BrFN2/c1-5(11)2-6-3-7(9)4-12-8(6)10/h3-5H,2,11H2,1H3/t5-/m0/s1. The lowest BCUT2D eigenvalue weighted by Gasteiger charge is -2.05. The maximum atomic E-state index is 12.9. The normalized spacial score (nSPS) is 13.0. The molecule has 12 heavy (non-hydrogen) atoms. The van der Waals surface area contributed by atoms with Gasteiger partial charge in [-0.25, -0.2) is 4.98 Å². The Morgan fingerprint density at radius 2 is 2.42 bits per heavy atom. The summed E-state index contributed by atoms with van der Waals surface area (Å²) >= 11 is 3.22. The first kappa shape index (κ1) is 9.61. The van der Waals surface area contributed by atoms with Crippen LogP contribution in [0.2, 0.25) is 0 Å². The van der Waals surface area contributed by atoms with Crippen LogP contribution in [0, 0.1) is 5.95 Å². The van der Waals surface area contributed by atoms with Gasteiger partial charge in [0.15, 0.2) is 0 Å². The first-order valence-electron chi connectivity index (χ1n) is 3.65. The Morgan fingerprint density at radius 1 is 1.75 bits per heavy atom. The Kier molecular flexibility index (Phi) is 3.17. The summed E-state index contributed by atoms with van der Waals surface area (Å²) in [5.74, 6) is -0.435. The van der Waals surface area contributed by atoms with Gasteiger partial charge in [0.2, 0.25) is 5.95 Å². The maximum Gasteiger partial charge on any atom is 0.216 e. The van der Waals surface area contributed by atoms with E-state index in [9.17, 15) is 4.39 Å². The van der Waals surface area contributed by atoms with Crippen molar-refractivity contribution < 1.29 is 4.39 Å². The van der Waals surface area contributed by atoms with Gasteiger partial charge >= 0.3 is 0 Å². The Bertz CT molecular complexity index is 276. The molecule has 2 N–H and O–H groups in total. The van der Waals surface area contributed by atoms with Gasteiger partial charge in [-0.1, -0.05) is 0 Å². The van der Waals surface area contributed by atoms with Crippen LogP contribution in [0.25, 0.3) is 0 Å². The lowest BCUT2D eigenvalue weighted by molar-refractivity contribution is 0.556. The van der Waals surface area contributed by atoms with Crippen molar-refractivity contribution in [3.8, 4) is 0 Å². The van der Waals surface area contributed by atoms with Crippen LogP contribution in [0.5, 0.6) is 0 Å². The molecule has 1 rings (SSSR count). The van der Waals surface area contributed by atoms with E-state index >= 15 is 0 Å². The van der Waals surface area contributed by atoms with E-state index in [0.29, 0.717) is 12.0 Å². The Hall–Kier alpha value is -0.480. The summed E-state index contributed by atoms with van der Waals surface area (Å²) in [6, 6.07) is 1.65. The molecular weight excluding hydrogens is 223 g/mol. The van der Waals surface area contributed by atoms with Crippen LogP contribution in [-0.2, 0) is 6.42 Å². The average Bonchev–Trinajstić information content (AvgIpc) is 1.96. The summed E-state index contributed by atoms with van der Waals surface area (Å²) in [5, 5.41) is 0. The van der Waals surface area contributed by atoms with Crippen LogP contribution in [0.15, 0.2) is 16.7 Å². The lowest BCUT2D eigenvalue weighted by Crippen LogP contribution is -2.18. The van der Waals surface area contributed by atoms with E-state index in [0.717, 1.165) is 4.47 Å². The van der Waals surface area contributed by atoms with E-state index in [2.05, 4.69) is 20.9 Å². The smallest absolute Gasteiger partial charge is 0.216 e. The molecule has 1 atom stereocenters. The molecule has 66 valence electrons. The highest BCUT2D eigenvalue weighted by Gasteiger charge is 2.05. The summed E-state index contributed by atoms with van der Waals surface area (Å²) in [5.41, 5.74) is 6.09. The number of pyridine rings is 1. The molecule has 2 nitrogen and oxygen atoms in total. The fourth-order valence-electron chi connectivity index (χ4n) is 0.955. The number of nitrogens with two attached hydrogens (primary N) is 1. The molecular formula is C8H10BrFN2. The van der Waals surface area contributed by atoms with Crippen molar-refractivity contribution in [1.29, 1.82) is 0 Å². The molecule has 0 radical (unpaired) electrons. The van der Waals surface area contributed by atoms with Gasteiger partial charge < -0.3 is 5.73 Å². The summed E-state index contributed by atoms with van der Waals surface area (Å²) in [6.45, 7) is 1.83. The van der Waals surface area contributed by atoms with E-state index in [-0.39, 0.29) is 6.04 Å². The molecule has 1 heterocycles. The van der Waals surface area contributed by atoms with Gasteiger partial charge in [-0.15, -0.1) is 0 Å². The maximum absolute atomic E-state index is 12.9. The molecule has 0 saturated heterocycles. The zero-order valence-corrected chi connectivity index (χ0v) is 8.31. The Labute approximate surface area is 79.1 Å². The quantitative estimate of drug-likeness (QED) is 0.792. The molecule has 0 aliphatic rings. The minimum atomic E-state index is -0.435. The molecule has 1 aromatic heterocycles. The zero-order chi connectivity index (χ0) is 9.14. The van der Waals surface area contributed by atoms with Gasteiger partial charge in [-0.3, -0.25) is 0 Å². The average molecular weight is 233 g/mol. The molecule has 0 aliphatic heterocycles. The van der Waals surface area contributed by atoms with Crippen molar-refractivity contribution in [2.24, 2.45) is 5.73 Å². The third kappa shape index (κ3) is 2.53. The third-order valence-electron chi connectivity index (χ3n) is 1.42. The zero-order valence-electron chi connectivity index (χ0n) is 6.72. The third-order valence-corrected chi connectivity index (χ3v) is 1.85. The summed E-state index contributed by atoms with van der Waals surface area (Å²) in [7, 11) is 0. The van der Waals surface area contributed by atoms with Crippen LogP contribution in [-0.4, -0.2) is 11.0 Å². The van der Waals surface area contributed by atoms with E-state index in [1.165, 1.54) is 6.20 Å². The molecule has 0 aliphatic carbocycles. The topological polar surface area (TPSA) is 38.9 Å². The van der Waals surface area contributed by atoms with Crippen molar-refractivity contribution >= 4 is 15.9 Å². The fourth-order valence-corrected chi connectivity index (χ4v) is 1.33. The molecule has 0 fully saturated rings. The molecule has 0 unspecified atom stereocenters. The number of hydrogen-bond acceptors (Lipinski definition) is 2. The minimum absolute atomic E-state index is 0.0457. The molecule has 0 bridgehead atoms. The molecule has 0 amide bonds. The minimum Gasteiger partial charge on any atom is -0.328 e. The first-order chi connectivity index (χ1) is 5.59. The number of nitrogens with zero attached hydrogens (tertiary/aromatic N) is 1. The highest BCUT2D eigenvalue weighted by atomic mass is 79.9. The summed E-state index contributed by atoms with van der Waals surface area (Å²) in [4.78, 5) is 3.56. The number of halogens is 2. The van der Waals surface area contributed by atoms with Gasteiger partial charge in [0.25, 0.3) is 0 Å².